The molecule has 1 amide bonds. The van der Waals surface area contributed by atoms with Crippen molar-refractivity contribution in [3.05, 3.63) is 65.9 Å². The number of nitrogens with one attached hydrogen (secondary N) is 1. The maximum Gasteiger partial charge on any atom is 0.387 e. The van der Waals surface area contributed by atoms with E-state index in [0.29, 0.717) is 11.1 Å². The van der Waals surface area contributed by atoms with Crippen LogP contribution in [0.25, 0.3) is 11.0 Å². The van der Waals surface area contributed by atoms with Gasteiger partial charge in [-0.15, -0.1) is 0 Å². The molecule has 1 aromatic heterocycles. The van der Waals surface area contributed by atoms with Crippen molar-refractivity contribution < 1.29 is 27.8 Å². The Labute approximate surface area is 141 Å². The summed E-state index contributed by atoms with van der Waals surface area (Å²) in [5, 5.41) is 13.5. The number of alkyl halides is 2. The van der Waals surface area contributed by atoms with E-state index < -0.39 is 18.6 Å². The van der Waals surface area contributed by atoms with E-state index in [4.69, 9.17) is 4.42 Å². The Hall–Kier alpha value is -2.93. The predicted molar refractivity (Wildman–Crippen MR) is 86.6 cm³/mol. The molecule has 1 atom stereocenters. The van der Waals surface area contributed by atoms with Gasteiger partial charge in [0.1, 0.15) is 11.3 Å². The highest BCUT2D eigenvalue weighted by molar-refractivity contribution is 5.96. The summed E-state index contributed by atoms with van der Waals surface area (Å²) in [4.78, 5) is 12.1. The van der Waals surface area contributed by atoms with E-state index in [1.165, 1.54) is 24.3 Å². The van der Waals surface area contributed by atoms with Crippen molar-refractivity contribution in [2.24, 2.45) is 0 Å². The summed E-state index contributed by atoms with van der Waals surface area (Å²) in [6.07, 6.45) is -0.992. The first-order valence-corrected chi connectivity index (χ1v) is 7.52. The van der Waals surface area contributed by atoms with E-state index >= 15 is 0 Å². The summed E-state index contributed by atoms with van der Waals surface area (Å²) in [5.41, 5.74) is 1.06. The zero-order valence-electron chi connectivity index (χ0n) is 13.0. The van der Waals surface area contributed by atoms with Gasteiger partial charge in [-0.25, -0.2) is 0 Å². The van der Waals surface area contributed by atoms with Gasteiger partial charge in [-0.05, 0) is 29.8 Å². The summed E-state index contributed by atoms with van der Waals surface area (Å²) in [7, 11) is 0. The SMILES string of the molecule is O=C(NCC(O)c1ccc(OC(F)F)cc1)c1cc2ccccc2o1. The lowest BCUT2D eigenvalue weighted by molar-refractivity contribution is -0.0498. The fourth-order valence-corrected chi connectivity index (χ4v) is 2.36. The molecule has 2 N–H and O–H groups in total. The minimum atomic E-state index is -2.90. The summed E-state index contributed by atoms with van der Waals surface area (Å²) >= 11 is 0. The van der Waals surface area contributed by atoms with Gasteiger partial charge in [-0.1, -0.05) is 30.3 Å². The number of para-hydroxylation sites is 1. The molecule has 3 aromatic rings. The van der Waals surface area contributed by atoms with E-state index in [0.717, 1.165) is 5.39 Å². The summed E-state index contributed by atoms with van der Waals surface area (Å²) in [6.45, 7) is -2.95. The van der Waals surface area contributed by atoms with Gasteiger partial charge in [-0.3, -0.25) is 4.79 Å². The van der Waals surface area contributed by atoms with Crippen LogP contribution in [-0.2, 0) is 0 Å². The molecule has 2 aromatic carbocycles. The van der Waals surface area contributed by atoms with Crippen LogP contribution >= 0.6 is 0 Å². The highest BCUT2D eigenvalue weighted by Gasteiger charge is 2.15. The summed E-state index contributed by atoms with van der Waals surface area (Å²) in [5.74, 6) is -0.306. The number of aliphatic hydroxyl groups excluding tert-OH is 1. The highest BCUT2D eigenvalue weighted by Crippen LogP contribution is 2.20. The standard InChI is InChI=1S/C18H15F2NO4/c19-18(20)24-13-7-5-11(6-8-13)14(22)10-21-17(23)16-9-12-3-1-2-4-15(12)25-16/h1-9,14,18,22H,10H2,(H,21,23). The topological polar surface area (TPSA) is 71.7 Å². The van der Waals surface area contributed by atoms with Crippen LogP contribution in [0.4, 0.5) is 8.78 Å². The molecule has 7 heteroatoms. The molecule has 5 nitrogen and oxygen atoms in total. The van der Waals surface area contributed by atoms with Crippen molar-refractivity contribution in [2.75, 3.05) is 6.54 Å². The third-order valence-electron chi connectivity index (χ3n) is 3.60. The van der Waals surface area contributed by atoms with Crippen LogP contribution in [0.15, 0.2) is 59.0 Å². The Balaban J connectivity index is 1.59. The maximum atomic E-state index is 12.1. The first-order valence-electron chi connectivity index (χ1n) is 7.52. The van der Waals surface area contributed by atoms with E-state index in [2.05, 4.69) is 10.1 Å². The number of fused-ring (bicyclic) bond motifs is 1. The molecular weight excluding hydrogens is 332 g/mol. The van der Waals surface area contributed by atoms with Gasteiger partial charge < -0.3 is 19.6 Å². The molecule has 0 aliphatic heterocycles. The van der Waals surface area contributed by atoms with Crippen LogP contribution in [0.3, 0.4) is 0 Å². The Kier molecular flexibility index (Phi) is 4.95. The second kappa shape index (κ2) is 7.31. The van der Waals surface area contributed by atoms with E-state index in [-0.39, 0.29) is 18.1 Å². The minimum Gasteiger partial charge on any atom is -0.451 e. The minimum absolute atomic E-state index is 0.00254. The van der Waals surface area contributed by atoms with Crippen LogP contribution in [-0.4, -0.2) is 24.2 Å². The largest absolute Gasteiger partial charge is 0.451 e. The van der Waals surface area contributed by atoms with Gasteiger partial charge in [0.15, 0.2) is 5.76 Å². The van der Waals surface area contributed by atoms with Crippen molar-refractivity contribution in [3.63, 3.8) is 0 Å². The number of carbonyl (C=O) groups is 1. The molecule has 0 aliphatic carbocycles. The first kappa shape index (κ1) is 16.9. The number of hydrogen-bond acceptors (Lipinski definition) is 4. The van der Waals surface area contributed by atoms with Crippen LogP contribution in [0.1, 0.15) is 22.2 Å². The van der Waals surface area contributed by atoms with Crippen molar-refractivity contribution >= 4 is 16.9 Å². The second-order valence-corrected chi connectivity index (χ2v) is 5.32. The van der Waals surface area contributed by atoms with Crippen molar-refractivity contribution in [2.45, 2.75) is 12.7 Å². The normalized spacial score (nSPS) is 12.3. The smallest absolute Gasteiger partial charge is 0.387 e. The number of carbonyl (C=O) groups excluding carboxylic acids is 1. The lowest BCUT2D eigenvalue weighted by Gasteiger charge is -2.12. The Morgan fingerprint density at radius 1 is 1.16 bits per heavy atom. The highest BCUT2D eigenvalue weighted by atomic mass is 19.3. The van der Waals surface area contributed by atoms with Crippen molar-refractivity contribution in [1.82, 2.24) is 5.32 Å². The Bertz CT molecular complexity index is 828. The molecule has 0 saturated heterocycles. The first-order chi connectivity index (χ1) is 12.0. The van der Waals surface area contributed by atoms with Crippen LogP contribution in [0.5, 0.6) is 5.75 Å². The molecule has 0 radical (unpaired) electrons. The molecular formula is C18H15F2NO4. The Morgan fingerprint density at radius 2 is 1.88 bits per heavy atom. The molecule has 0 fully saturated rings. The summed E-state index contributed by atoms with van der Waals surface area (Å²) in [6, 6.07) is 14.4. The third kappa shape index (κ3) is 4.13. The number of benzene rings is 2. The van der Waals surface area contributed by atoms with E-state index in [1.54, 1.807) is 18.2 Å². The lowest BCUT2D eigenvalue weighted by Crippen LogP contribution is -2.28. The lowest BCUT2D eigenvalue weighted by atomic mass is 10.1. The van der Waals surface area contributed by atoms with Crippen LogP contribution in [0, 0.1) is 0 Å². The quantitative estimate of drug-likeness (QED) is 0.716. The fourth-order valence-electron chi connectivity index (χ4n) is 2.36. The van der Waals surface area contributed by atoms with Crippen LogP contribution < -0.4 is 10.1 Å². The van der Waals surface area contributed by atoms with E-state index in [9.17, 15) is 18.7 Å². The molecule has 3 rings (SSSR count). The van der Waals surface area contributed by atoms with Gasteiger partial charge in [0.05, 0.1) is 6.10 Å². The molecule has 0 aliphatic rings. The molecule has 25 heavy (non-hydrogen) atoms. The zero-order valence-corrected chi connectivity index (χ0v) is 13.0. The van der Waals surface area contributed by atoms with Crippen LogP contribution in [0.2, 0.25) is 0 Å². The maximum absolute atomic E-state index is 12.1. The number of rotatable bonds is 6. The number of amides is 1. The van der Waals surface area contributed by atoms with Gasteiger partial charge in [0.25, 0.3) is 5.91 Å². The van der Waals surface area contributed by atoms with Gasteiger partial charge in [0, 0.05) is 11.9 Å². The van der Waals surface area contributed by atoms with Gasteiger partial charge >= 0.3 is 6.61 Å². The van der Waals surface area contributed by atoms with Crippen molar-refractivity contribution in [1.29, 1.82) is 0 Å². The van der Waals surface area contributed by atoms with Gasteiger partial charge in [0.2, 0.25) is 0 Å². The Morgan fingerprint density at radius 3 is 2.56 bits per heavy atom. The van der Waals surface area contributed by atoms with Gasteiger partial charge in [-0.2, -0.15) is 8.78 Å². The fraction of sp³-hybridized carbons (Fsp3) is 0.167. The number of furan rings is 1. The molecule has 1 heterocycles. The molecule has 130 valence electrons. The average Bonchev–Trinajstić information content (AvgIpc) is 3.03. The number of ether oxygens (including phenoxy) is 1. The van der Waals surface area contributed by atoms with Crippen molar-refractivity contribution in [3.8, 4) is 5.75 Å². The van der Waals surface area contributed by atoms with E-state index in [1.807, 2.05) is 12.1 Å². The number of aliphatic hydroxyl groups is 1. The number of halogens is 2. The zero-order chi connectivity index (χ0) is 17.8. The number of hydrogen-bond donors (Lipinski definition) is 2. The monoisotopic (exact) mass is 347 g/mol. The third-order valence-corrected chi connectivity index (χ3v) is 3.60. The molecule has 0 spiro atoms. The predicted octanol–water partition coefficient (Wildman–Crippen LogP) is 3.50. The second-order valence-electron chi connectivity index (χ2n) is 5.32. The molecule has 1 unspecified atom stereocenters. The molecule has 0 saturated carbocycles. The molecule has 0 bridgehead atoms. The average molecular weight is 347 g/mol. The summed E-state index contributed by atoms with van der Waals surface area (Å²) < 4.78 is 33.9.